The van der Waals surface area contributed by atoms with Crippen molar-refractivity contribution in [3.05, 3.63) is 42.2 Å². The first kappa shape index (κ1) is 9.65. The van der Waals surface area contributed by atoms with Crippen molar-refractivity contribution in [3.63, 3.8) is 0 Å². The van der Waals surface area contributed by atoms with Crippen molar-refractivity contribution in [3.8, 4) is 11.3 Å². The molecule has 3 aromatic rings. The Labute approximate surface area is 95.7 Å². The molecular weight excluding hydrogens is 220 g/mol. The summed E-state index contributed by atoms with van der Waals surface area (Å²) < 4.78 is 5.04. The molecule has 2 aromatic heterocycles. The number of carboxylic acid groups (broad SMARTS) is 1. The monoisotopic (exact) mass is 228 g/mol. The molecule has 1 aromatic carbocycles. The van der Waals surface area contributed by atoms with E-state index in [9.17, 15) is 4.79 Å². The molecule has 5 heteroatoms. The summed E-state index contributed by atoms with van der Waals surface area (Å²) in [6, 6.07) is 9.00. The molecule has 0 radical (unpaired) electrons. The van der Waals surface area contributed by atoms with Crippen molar-refractivity contribution in [2.75, 3.05) is 0 Å². The maximum absolute atomic E-state index is 10.7. The van der Waals surface area contributed by atoms with Crippen LogP contribution in [0.2, 0.25) is 0 Å². The van der Waals surface area contributed by atoms with Gasteiger partial charge in [0.1, 0.15) is 0 Å². The fourth-order valence-corrected chi connectivity index (χ4v) is 1.80. The second-order valence-electron chi connectivity index (χ2n) is 3.63. The largest absolute Gasteiger partial charge is 0.476 e. The van der Waals surface area contributed by atoms with Gasteiger partial charge in [0.25, 0.3) is 0 Å². The number of H-pyrrole nitrogens is 1. The molecule has 0 spiro atoms. The molecule has 0 bridgehead atoms. The van der Waals surface area contributed by atoms with Gasteiger partial charge < -0.3 is 14.6 Å². The predicted octanol–water partition coefficient (Wildman–Crippen LogP) is 2.52. The van der Waals surface area contributed by atoms with Crippen molar-refractivity contribution in [1.82, 2.24) is 10.1 Å². The van der Waals surface area contributed by atoms with Crippen LogP contribution in [-0.2, 0) is 0 Å². The average Bonchev–Trinajstić information content (AvgIpc) is 2.97. The summed E-state index contributed by atoms with van der Waals surface area (Å²) in [6.45, 7) is 0. The molecule has 0 unspecified atom stereocenters. The highest BCUT2D eigenvalue weighted by atomic mass is 16.5. The van der Waals surface area contributed by atoms with E-state index >= 15 is 0 Å². The lowest BCUT2D eigenvalue weighted by Crippen LogP contribution is -1.94. The molecule has 17 heavy (non-hydrogen) atoms. The van der Waals surface area contributed by atoms with Gasteiger partial charge in [-0.25, -0.2) is 4.79 Å². The molecule has 0 aliphatic rings. The summed E-state index contributed by atoms with van der Waals surface area (Å²) in [5.41, 5.74) is 1.70. The zero-order valence-electron chi connectivity index (χ0n) is 8.68. The minimum absolute atomic E-state index is 0.0902. The molecule has 0 aliphatic carbocycles. The maximum atomic E-state index is 10.7. The lowest BCUT2D eigenvalue weighted by molar-refractivity contribution is 0.0686. The van der Waals surface area contributed by atoms with Gasteiger partial charge in [-0.3, -0.25) is 0 Å². The molecule has 2 N–H and O–H groups in total. The van der Waals surface area contributed by atoms with Crippen LogP contribution in [0.5, 0.6) is 0 Å². The zero-order chi connectivity index (χ0) is 11.8. The van der Waals surface area contributed by atoms with E-state index in [1.165, 1.54) is 6.07 Å². The Morgan fingerprint density at radius 1 is 1.35 bits per heavy atom. The number of rotatable bonds is 2. The number of aromatic amines is 1. The Kier molecular flexibility index (Phi) is 1.98. The van der Waals surface area contributed by atoms with E-state index in [2.05, 4.69) is 10.1 Å². The number of hydrogen-bond acceptors (Lipinski definition) is 3. The Bertz CT molecular complexity index is 696. The van der Waals surface area contributed by atoms with Crippen molar-refractivity contribution < 1.29 is 14.4 Å². The van der Waals surface area contributed by atoms with E-state index in [0.29, 0.717) is 5.76 Å². The van der Waals surface area contributed by atoms with Crippen molar-refractivity contribution in [2.45, 2.75) is 0 Å². The van der Waals surface area contributed by atoms with Gasteiger partial charge in [0, 0.05) is 28.7 Å². The Morgan fingerprint density at radius 2 is 2.24 bits per heavy atom. The third kappa shape index (κ3) is 1.48. The first-order valence-electron chi connectivity index (χ1n) is 5.02. The van der Waals surface area contributed by atoms with Gasteiger partial charge in [0.2, 0.25) is 0 Å². The summed E-state index contributed by atoms with van der Waals surface area (Å²) in [6.07, 6.45) is 1.82. The molecular formula is C12H8N2O3. The summed E-state index contributed by atoms with van der Waals surface area (Å²) in [7, 11) is 0. The number of fused-ring (bicyclic) bond motifs is 1. The molecule has 0 atom stereocenters. The Balaban J connectivity index is 2.19. The summed E-state index contributed by atoms with van der Waals surface area (Å²) in [5, 5.41) is 13.3. The first-order valence-corrected chi connectivity index (χ1v) is 5.02. The van der Waals surface area contributed by atoms with Crippen molar-refractivity contribution in [2.24, 2.45) is 0 Å². The standard InChI is InChI=1S/C12H8N2O3/c15-12(16)10-6-11(17-14-10)8-2-1-3-9-7(8)4-5-13-9/h1-6,13H,(H,15,16). The molecule has 0 aliphatic heterocycles. The minimum atomic E-state index is -1.10. The van der Waals surface area contributed by atoms with E-state index in [1.807, 2.05) is 30.5 Å². The van der Waals surface area contributed by atoms with Crippen LogP contribution in [0.15, 0.2) is 41.1 Å². The van der Waals surface area contributed by atoms with Crippen molar-refractivity contribution in [1.29, 1.82) is 0 Å². The molecule has 0 amide bonds. The molecule has 2 heterocycles. The predicted molar refractivity (Wildman–Crippen MR) is 60.8 cm³/mol. The number of hydrogen-bond donors (Lipinski definition) is 2. The molecule has 5 nitrogen and oxygen atoms in total. The fourth-order valence-electron chi connectivity index (χ4n) is 1.80. The molecule has 3 rings (SSSR count). The second kappa shape index (κ2) is 3.48. The fraction of sp³-hybridized carbons (Fsp3) is 0. The average molecular weight is 228 g/mol. The van der Waals surface area contributed by atoms with Gasteiger partial charge in [-0.05, 0) is 12.1 Å². The first-order chi connectivity index (χ1) is 8.25. The van der Waals surface area contributed by atoms with Gasteiger partial charge >= 0.3 is 5.97 Å². The van der Waals surface area contributed by atoms with Gasteiger partial charge in [-0.2, -0.15) is 0 Å². The zero-order valence-corrected chi connectivity index (χ0v) is 8.68. The van der Waals surface area contributed by atoms with Crippen LogP contribution in [-0.4, -0.2) is 21.2 Å². The third-order valence-corrected chi connectivity index (χ3v) is 2.59. The van der Waals surface area contributed by atoms with Crippen LogP contribution in [0.25, 0.3) is 22.2 Å². The number of aromatic carboxylic acids is 1. The quantitative estimate of drug-likeness (QED) is 0.706. The van der Waals surface area contributed by atoms with Gasteiger partial charge in [0.15, 0.2) is 11.5 Å². The highest BCUT2D eigenvalue weighted by Gasteiger charge is 2.14. The van der Waals surface area contributed by atoms with Crippen LogP contribution < -0.4 is 0 Å². The minimum Gasteiger partial charge on any atom is -0.476 e. The summed E-state index contributed by atoms with van der Waals surface area (Å²) in [4.78, 5) is 13.8. The van der Waals surface area contributed by atoms with Crippen molar-refractivity contribution >= 4 is 16.9 Å². The summed E-state index contributed by atoms with van der Waals surface area (Å²) >= 11 is 0. The number of carbonyl (C=O) groups is 1. The molecule has 0 saturated carbocycles. The normalized spacial score (nSPS) is 10.8. The lowest BCUT2D eigenvalue weighted by atomic mass is 10.1. The van der Waals surface area contributed by atoms with Crippen LogP contribution in [0.1, 0.15) is 10.5 Å². The van der Waals surface area contributed by atoms with Gasteiger partial charge in [0.05, 0.1) is 0 Å². The third-order valence-electron chi connectivity index (χ3n) is 2.59. The summed E-state index contributed by atoms with van der Waals surface area (Å²) in [5.74, 6) is -0.645. The highest BCUT2D eigenvalue weighted by Crippen LogP contribution is 2.28. The maximum Gasteiger partial charge on any atom is 0.358 e. The van der Waals surface area contributed by atoms with E-state index in [-0.39, 0.29) is 5.69 Å². The SMILES string of the molecule is O=C(O)c1cc(-c2cccc3[nH]ccc23)on1. The van der Waals surface area contributed by atoms with E-state index in [4.69, 9.17) is 9.63 Å². The van der Waals surface area contributed by atoms with Crippen LogP contribution >= 0.6 is 0 Å². The highest BCUT2D eigenvalue weighted by molar-refractivity contribution is 5.95. The smallest absolute Gasteiger partial charge is 0.358 e. The number of nitrogens with one attached hydrogen (secondary N) is 1. The van der Waals surface area contributed by atoms with E-state index in [1.54, 1.807) is 0 Å². The lowest BCUT2D eigenvalue weighted by Gasteiger charge is -1.97. The topological polar surface area (TPSA) is 79.1 Å². The van der Waals surface area contributed by atoms with E-state index < -0.39 is 5.97 Å². The Hall–Kier alpha value is -2.56. The number of nitrogens with zero attached hydrogens (tertiary/aromatic N) is 1. The van der Waals surface area contributed by atoms with Crippen LogP contribution in [0.3, 0.4) is 0 Å². The number of benzene rings is 1. The Morgan fingerprint density at radius 3 is 3.00 bits per heavy atom. The van der Waals surface area contributed by atoms with Gasteiger partial charge in [-0.15, -0.1) is 0 Å². The number of carboxylic acids is 1. The molecule has 84 valence electrons. The number of aromatic nitrogens is 2. The van der Waals surface area contributed by atoms with Crippen LogP contribution in [0.4, 0.5) is 0 Å². The second-order valence-corrected chi connectivity index (χ2v) is 3.63. The van der Waals surface area contributed by atoms with Gasteiger partial charge in [-0.1, -0.05) is 17.3 Å². The van der Waals surface area contributed by atoms with Crippen LogP contribution in [0, 0.1) is 0 Å². The molecule has 0 saturated heterocycles. The van der Waals surface area contributed by atoms with E-state index in [0.717, 1.165) is 16.5 Å². The molecule has 0 fully saturated rings.